The molecule has 102 valence electrons. The van der Waals surface area contributed by atoms with Gasteiger partial charge < -0.3 is 5.73 Å². The van der Waals surface area contributed by atoms with Crippen LogP contribution in [0, 0.1) is 9.39 Å². The minimum Gasteiger partial charge on any atom is -0.369 e. The average molecular weight is 422 g/mol. The van der Waals surface area contributed by atoms with Crippen LogP contribution in [0.15, 0.2) is 30.3 Å². The number of imidazole rings is 1. The Morgan fingerprint density at radius 3 is 2.55 bits per heavy atom. The number of nitrogen functional groups attached to an aromatic ring is 1. The van der Waals surface area contributed by atoms with Gasteiger partial charge in [-0.2, -0.15) is 0 Å². The summed E-state index contributed by atoms with van der Waals surface area (Å²) in [6, 6.07) is 7.81. The van der Waals surface area contributed by atoms with Gasteiger partial charge in [0, 0.05) is 3.57 Å². The highest BCUT2D eigenvalue weighted by molar-refractivity contribution is 14.1. The number of nitrogens with two attached hydrogens (primary N) is 1. The summed E-state index contributed by atoms with van der Waals surface area (Å²) >= 11 is 14.1. The summed E-state index contributed by atoms with van der Waals surface area (Å²) in [5.74, 6) is -0.00919. The number of aromatic nitrogens is 2. The Morgan fingerprint density at radius 1 is 1.15 bits per heavy atom. The van der Waals surface area contributed by atoms with Crippen LogP contribution in [0.3, 0.4) is 0 Å². The van der Waals surface area contributed by atoms with Gasteiger partial charge in [-0.15, -0.1) is 0 Å². The van der Waals surface area contributed by atoms with Crippen molar-refractivity contribution in [3.63, 3.8) is 0 Å². The van der Waals surface area contributed by atoms with Crippen LogP contribution < -0.4 is 5.73 Å². The van der Waals surface area contributed by atoms with Crippen LogP contribution in [0.1, 0.15) is 0 Å². The van der Waals surface area contributed by atoms with E-state index in [2.05, 4.69) is 4.98 Å². The van der Waals surface area contributed by atoms with Crippen LogP contribution in [0.5, 0.6) is 0 Å². The quantitative estimate of drug-likeness (QED) is 0.581. The topological polar surface area (TPSA) is 43.8 Å². The molecule has 1 aromatic heterocycles. The molecule has 0 radical (unpaired) electrons. The number of anilines is 1. The number of fused-ring (bicyclic) bond motifs is 1. The van der Waals surface area contributed by atoms with Crippen molar-refractivity contribution in [3.8, 4) is 5.69 Å². The van der Waals surface area contributed by atoms with Gasteiger partial charge in [-0.1, -0.05) is 23.2 Å². The average Bonchev–Trinajstić information content (AvgIpc) is 2.66. The molecule has 0 fully saturated rings. The number of benzene rings is 2. The molecule has 3 aromatic rings. The second kappa shape index (κ2) is 5.05. The van der Waals surface area contributed by atoms with Gasteiger partial charge in [0.2, 0.25) is 5.95 Å². The molecule has 0 unspecified atom stereocenters. The number of hydrogen-bond acceptors (Lipinski definition) is 2. The first-order chi connectivity index (χ1) is 9.47. The maximum atomic E-state index is 13.2. The third-order valence-electron chi connectivity index (χ3n) is 2.87. The molecule has 20 heavy (non-hydrogen) atoms. The Hall–Kier alpha value is -1.05. The van der Waals surface area contributed by atoms with Crippen LogP contribution in [0.2, 0.25) is 10.0 Å². The van der Waals surface area contributed by atoms with Gasteiger partial charge in [0.05, 0.1) is 26.8 Å². The summed E-state index contributed by atoms with van der Waals surface area (Å²) in [4.78, 5) is 4.26. The lowest BCUT2D eigenvalue weighted by atomic mass is 10.2. The van der Waals surface area contributed by atoms with Crippen molar-refractivity contribution in [2.24, 2.45) is 0 Å². The van der Waals surface area contributed by atoms with E-state index < -0.39 is 0 Å². The van der Waals surface area contributed by atoms with Crippen LogP contribution >= 0.6 is 45.8 Å². The first-order valence-electron chi connectivity index (χ1n) is 5.56. The van der Waals surface area contributed by atoms with Crippen molar-refractivity contribution < 1.29 is 4.39 Å². The molecule has 2 N–H and O–H groups in total. The maximum absolute atomic E-state index is 13.2. The first-order valence-corrected chi connectivity index (χ1v) is 7.39. The molecule has 0 saturated heterocycles. The third-order valence-corrected chi connectivity index (χ3v) is 4.46. The van der Waals surface area contributed by atoms with E-state index in [1.807, 2.05) is 22.6 Å². The second-order valence-corrected chi connectivity index (χ2v) is 6.13. The zero-order chi connectivity index (χ0) is 14.4. The van der Waals surface area contributed by atoms with Gasteiger partial charge in [0.15, 0.2) is 0 Å². The van der Waals surface area contributed by atoms with E-state index in [-0.39, 0.29) is 5.82 Å². The molecule has 0 aliphatic heterocycles. The highest BCUT2D eigenvalue weighted by Gasteiger charge is 2.14. The molecule has 3 nitrogen and oxygen atoms in total. The molecular formula is C13H7Cl2FIN3. The van der Waals surface area contributed by atoms with Gasteiger partial charge in [-0.3, -0.25) is 4.57 Å². The Kier molecular flexibility index (Phi) is 3.51. The minimum atomic E-state index is -0.304. The first kappa shape index (κ1) is 13.9. The van der Waals surface area contributed by atoms with Gasteiger partial charge in [0.1, 0.15) is 5.82 Å². The number of rotatable bonds is 1. The Morgan fingerprint density at radius 2 is 1.85 bits per heavy atom. The van der Waals surface area contributed by atoms with Crippen LogP contribution in [0.4, 0.5) is 10.3 Å². The van der Waals surface area contributed by atoms with E-state index in [1.165, 1.54) is 12.1 Å². The Balaban J connectivity index is 2.35. The lowest BCUT2D eigenvalue weighted by molar-refractivity contribution is 0.626. The van der Waals surface area contributed by atoms with Crippen molar-refractivity contribution >= 4 is 62.8 Å². The lowest BCUT2D eigenvalue weighted by Crippen LogP contribution is -2.02. The Labute approximate surface area is 137 Å². The van der Waals surface area contributed by atoms with E-state index in [4.69, 9.17) is 28.9 Å². The molecular weight excluding hydrogens is 415 g/mol. The molecule has 0 amide bonds. The molecule has 3 rings (SSSR count). The summed E-state index contributed by atoms with van der Waals surface area (Å²) in [7, 11) is 0. The van der Waals surface area contributed by atoms with Crippen LogP contribution in [-0.2, 0) is 0 Å². The van der Waals surface area contributed by atoms with E-state index in [1.54, 1.807) is 22.8 Å². The molecule has 7 heteroatoms. The van der Waals surface area contributed by atoms with E-state index in [9.17, 15) is 4.39 Å². The van der Waals surface area contributed by atoms with Crippen molar-refractivity contribution in [2.75, 3.05) is 5.73 Å². The molecule has 0 aliphatic carbocycles. The fourth-order valence-electron chi connectivity index (χ4n) is 2.01. The summed E-state index contributed by atoms with van der Waals surface area (Å²) in [6.07, 6.45) is 0. The number of nitrogens with zero attached hydrogens (tertiary/aromatic N) is 2. The predicted molar refractivity (Wildman–Crippen MR) is 88.2 cm³/mol. The molecule has 1 heterocycles. The van der Waals surface area contributed by atoms with Gasteiger partial charge in [-0.25, -0.2) is 9.37 Å². The van der Waals surface area contributed by atoms with Crippen molar-refractivity contribution in [2.45, 2.75) is 0 Å². The predicted octanol–water partition coefficient (Wildman–Crippen LogP) is 4.66. The van der Waals surface area contributed by atoms with Crippen LogP contribution in [0.25, 0.3) is 16.7 Å². The highest BCUT2D eigenvalue weighted by atomic mass is 127. The smallest absolute Gasteiger partial charge is 0.205 e. The normalized spacial score (nSPS) is 11.2. The van der Waals surface area contributed by atoms with E-state index >= 15 is 0 Å². The number of halogens is 4. The van der Waals surface area contributed by atoms with Crippen molar-refractivity contribution in [1.82, 2.24) is 9.55 Å². The maximum Gasteiger partial charge on any atom is 0.205 e. The van der Waals surface area contributed by atoms with Gasteiger partial charge in [0.25, 0.3) is 0 Å². The highest BCUT2D eigenvalue weighted by Crippen LogP contribution is 2.32. The molecule has 2 aromatic carbocycles. The molecule has 0 aliphatic rings. The number of hydrogen-bond donors (Lipinski definition) is 1. The molecule has 0 bridgehead atoms. The Bertz CT molecular complexity index is 832. The van der Waals surface area contributed by atoms with Crippen molar-refractivity contribution in [1.29, 1.82) is 0 Å². The van der Waals surface area contributed by atoms with Crippen molar-refractivity contribution in [3.05, 3.63) is 49.8 Å². The summed E-state index contributed by atoms with van der Waals surface area (Å²) in [5.41, 5.74) is 8.06. The standard InChI is InChI=1S/C13H7Cl2FIN3/c14-7-4-10-12(5-8(7)15)20(13(18)19-10)11-2-1-6(16)3-9(11)17/h1-5H,(H2,18,19). The van der Waals surface area contributed by atoms with E-state index in [0.717, 1.165) is 14.8 Å². The zero-order valence-corrected chi connectivity index (χ0v) is 13.5. The summed E-state index contributed by atoms with van der Waals surface area (Å²) in [5, 5.41) is 0.829. The summed E-state index contributed by atoms with van der Waals surface area (Å²) in [6.45, 7) is 0. The third kappa shape index (κ3) is 2.23. The fraction of sp³-hybridized carbons (Fsp3) is 0. The van der Waals surface area contributed by atoms with E-state index in [0.29, 0.717) is 21.5 Å². The summed E-state index contributed by atoms with van der Waals surface area (Å²) < 4.78 is 15.7. The van der Waals surface area contributed by atoms with Gasteiger partial charge >= 0.3 is 0 Å². The molecule has 0 atom stereocenters. The lowest BCUT2D eigenvalue weighted by Gasteiger charge is -2.09. The fourth-order valence-corrected chi connectivity index (χ4v) is 3.04. The second-order valence-electron chi connectivity index (χ2n) is 4.16. The largest absolute Gasteiger partial charge is 0.369 e. The molecule has 0 spiro atoms. The zero-order valence-electron chi connectivity index (χ0n) is 9.87. The minimum absolute atomic E-state index is 0.294. The molecule has 0 saturated carbocycles. The van der Waals surface area contributed by atoms with Gasteiger partial charge in [-0.05, 0) is 52.9 Å². The van der Waals surface area contributed by atoms with Crippen LogP contribution in [-0.4, -0.2) is 9.55 Å². The SMILES string of the molecule is Nc1nc2cc(Cl)c(Cl)cc2n1-c1ccc(F)cc1I. The monoisotopic (exact) mass is 421 g/mol.